The van der Waals surface area contributed by atoms with Gasteiger partial charge in [-0.05, 0) is 33.4 Å². The third-order valence-corrected chi connectivity index (χ3v) is 3.93. The molecule has 3 nitrogen and oxygen atoms in total. The van der Waals surface area contributed by atoms with Gasteiger partial charge in [-0.3, -0.25) is 0 Å². The van der Waals surface area contributed by atoms with Crippen molar-refractivity contribution in [2.24, 2.45) is 0 Å². The quantitative estimate of drug-likeness (QED) is 0.899. The maximum atomic E-state index is 4.25. The molecule has 1 aliphatic rings. The molecule has 0 aromatic carbocycles. The van der Waals surface area contributed by atoms with E-state index in [1.165, 1.54) is 24.3 Å². The van der Waals surface area contributed by atoms with E-state index >= 15 is 0 Å². The fourth-order valence-electron chi connectivity index (χ4n) is 2.09. The second-order valence-electron chi connectivity index (χ2n) is 4.25. The van der Waals surface area contributed by atoms with E-state index < -0.39 is 0 Å². The van der Waals surface area contributed by atoms with Crippen molar-refractivity contribution in [2.75, 3.05) is 20.1 Å². The van der Waals surface area contributed by atoms with Crippen LogP contribution < -0.4 is 5.32 Å². The Morgan fingerprint density at radius 1 is 1.62 bits per heavy atom. The van der Waals surface area contributed by atoms with Gasteiger partial charge in [0.15, 0.2) is 0 Å². The van der Waals surface area contributed by atoms with E-state index in [9.17, 15) is 0 Å². The Bertz CT molecular complexity index is 316. The smallest absolute Gasteiger partial charge is 0.0897 e. The number of nitrogens with one attached hydrogen (secondary N) is 1. The second kappa shape index (κ2) is 6.55. The molecule has 1 aliphatic heterocycles. The van der Waals surface area contributed by atoms with Crippen molar-refractivity contribution in [1.82, 2.24) is 15.2 Å². The summed E-state index contributed by atoms with van der Waals surface area (Å²) < 4.78 is 0. The minimum atomic E-state index is 0. The standard InChI is InChI=1S/C11H19N3S.ClH/c1-9-13-8-11(15-9)7-12-6-10-4-3-5-14(10)2;/h8,10,12H,3-7H2,1-2H3;1H. The Morgan fingerprint density at radius 3 is 3.00 bits per heavy atom. The van der Waals surface area contributed by atoms with Crippen LogP contribution in [0.15, 0.2) is 6.20 Å². The number of aromatic nitrogens is 1. The van der Waals surface area contributed by atoms with Crippen molar-refractivity contribution in [2.45, 2.75) is 32.4 Å². The monoisotopic (exact) mass is 261 g/mol. The highest BCUT2D eigenvalue weighted by molar-refractivity contribution is 7.11. The first-order valence-electron chi connectivity index (χ1n) is 5.58. The van der Waals surface area contributed by atoms with E-state index in [1.807, 2.05) is 6.20 Å². The summed E-state index contributed by atoms with van der Waals surface area (Å²) in [6.07, 6.45) is 4.67. The van der Waals surface area contributed by atoms with Crippen molar-refractivity contribution >= 4 is 23.7 Å². The molecule has 1 atom stereocenters. The van der Waals surface area contributed by atoms with Gasteiger partial charge < -0.3 is 10.2 Å². The number of likely N-dealkylation sites (tertiary alicyclic amines) is 1. The Labute approximate surface area is 108 Å². The fourth-order valence-corrected chi connectivity index (χ4v) is 2.85. The summed E-state index contributed by atoms with van der Waals surface area (Å²) >= 11 is 1.78. The van der Waals surface area contributed by atoms with Crippen LogP contribution in [0, 0.1) is 6.92 Å². The minimum absolute atomic E-state index is 0. The Morgan fingerprint density at radius 2 is 2.44 bits per heavy atom. The molecule has 5 heteroatoms. The SMILES string of the molecule is Cc1ncc(CNCC2CCCN2C)s1.Cl. The predicted molar refractivity (Wildman–Crippen MR) is 71.5 cm³/mol. The van der Waals surface area contributed by atoms with Gasteiger partial charge in [0.25, 0.3) is 0 Å². The summed E-state index contributed by atoms with van der Waals surface area (Å²) in [5.41, 5.74) is 0. The zero-order valence-electron chi connectivity index (χ0n) is 9.90. The molecule has 1 N–H and O–H groups in total. The van der Waals surface area contributed by atoms with Gasteiger partial charge in [-0.15, -0.1) is 23.7 Å². The predicted octanol–water partition coefficient (Wildman–Crippen LogP) is 2.06. The topological polar surface area (TPSA) is 28.2 Å². The highest BCUT2D eigenvalue weighted by atomic mass is 35.5. The van der Waals surface area contributed by atoms with Crippen molar-refractivity contribution in [3.8, 4) is 0 Å². The highest BCUT2D eigenvalue weighted by Gasteiger charge is 2.19. The molecule has 1 aromatic heterocycles. The lowest BCUT2D eigenvalue weighted by atomic mass is 10.2. The van der Waals surface area contributed by atoms with Gasteiger partial charge in [0.2, 0.25) is 0 Å². The first-order valence-corrected chi connectivity index (χ1v) is 6.39. The van der Waals surface area contributed by atoms with Crippen LogP contribution in [0.3, 0.4) is 0 Å². The molecular formula is C11H20ClN3S. The van der Waals surface area contributed by atoms with Crippen LogP contribution in [0.5, 0.6) is 0 Å². The number of aryl methyl sites for hydroxylation is 1. The van der Waals surface area contributed by atoms with Gasteiger partial charge in [-0.1, -0.05) is 0 Å². The molecule has 0 radical (unpaired) electrons. The van der Waals surface area contributed by atoms with E-state index in [-0.39, 0.29) is 12.4 Å². The lowest BCUT2D eigenvalue weighted by Crippen LogP contribution is -2.35. The van der Waals surface area contributed by atoms with Crippen molar-refractivity contribution in [3.63, 3.8) is 0 Å². The molecule has 1 fully saturated rings. The van der Waals surface area contributed by atoms with Crippen LogP contribution in [0.25, 0.3) is 0 Å². The molecule has 92 valence electrons. The van der Waals surface area contributed by atoms with Crippen molar-refractivity contribution in [3.05, 3.63) is 16.1 Å². The van der Waals surface area contributed by atoms with Gasteiger partial charge in [0, 0.05) is 30.2 Å². The zero-order valence-corrected chi connectivity index (χ0v) is 11.5. The van der Waals surface area contributed by atoms with Crippen molar-refractivity contribution in [1.29, 1.82) is 0 Å². The molecule has 1 aromatic rings. The summed E-state index contributed by atoms with van der Waals surface area (Å²) in [7, 11) is 2.22. The molecule has 16 heavy (non-hydrogen) atoms. The van der Waals surface area contributed by atoms with E-state index in [4.69, 9.17) is 0 Å². The summed E-state index contributed by atoms with van der Waals surface area (Å²) in [5, 5.41) is 4.67. The number of rotatable bonds is 4. The molecule has 0 spiro atoms. The summed E-state index contributed by atoms with van der Waals surface area (Å²) in [5.74, 6) is 0. The maximum absolute atomic E-state index is 4.25. The van der Waals surface area contributed by atoms with Crippen LogP contribution in [0.4, 0.5) is 0 Å². The second-order valence-corrected chi connectivity index (χ2v) is 5.57. The minimum Gasteiger partial charge on any atom is -0.310 e. The Kier molecular flexibility index (Phi) is 5.69. The Hall–Kier alpha value is -0.160. The molecule has 0 aliphatic carbocycles. The molecule has 2 heterocycles. The van der Waals surface area contributed by atoms with Gasteiger partial charge in [-0.2, -0.15) is 0 Å². The average Bonchev–Trinajstić information content (AvgIpc) is 2.77. The summed E-state index contributed by atoms with van der Waals surface area (Å²) in [6.45, 7) is 5.38. The lowest BCUT2D eigenvalue weighted by molar-refractivity contribution is 0.300. The maximum Gasteiger partial charge on any atom is 0.0897 e. The van der Waals surface area contributed by atoms with Crippen LogP contribution >= 0.6 is 23.7 Å². The molecular weight excluding hydrogens is 242 g/mol. The van der Waals surface area contributed by atoms with Crippen LogP contribution in [0.2, 0.25) is 0 Å². The third-order valence-electron chi connectivity index (χ3n) is 3.02. The van der Waals surface area contributed by atoms with Crippen LogP contribution in [0.1, 0.15) is 22.7 Å². The fraction of sp³-hybridized carbons (Fsp3) is 0.727. The third kappa shape index (κ3) is 3.70. The largest absolute Gasteiger partial charge is 0.310 e. The molecule has 1 unspecified atom stereocenters. The molecule has 0 bridgehead atoms. The van der Waals surface area contributed by atoms with Gasteiger partial charge in [0.05, 0.1) is 5.01 Å². The molecule has 0 amide bonds. The number of likely N-dealkylation sites (N-methyl/N-ethyl adjacent to an activating group) is 1. The van der Waals surface area contributed by atoms with E-state index in [1.54, 1.807) is 11.3 Å². The van der Waals surface area contributed by atoms with Gasteiger partial charge in [-0.25, -0.2) is 4.98 Å². The first kappa shape index (κ1) is 13.9. The number of halogens is 1. The van der Waals surface area contributed by atoms with Crippen LogP contribution in [-0.4, -0.2) is 36.1 Å². The molecule has 2 rings (SSSR count). The number of nitrogens with zero attached hydrogens (tertiary/aromatic N) is 2. The first-order chi connectivity index (χ1) is 7.25. The molecule has 0 saturated carbocycles. The van der Waals surface area contributed by atoms with E-state index in [0.717, 1.165) is 24.1 Å². The summed E-state index contributed by atoms with van der Waals surface area (Å²) in [6, 6.07) is 0.735. The number of hydrogen-bond donors (Lipinski definition) is 1. The average molecular weight is 262 g/mol. The summed E-state index contributed by atoms with van der Waals surface area (Å²) in [4.78, 5) is 8.04. The van der Waals surface area contributed by atoms with E-state index in [2.05, 4.69) is 29.2 Å². The van der Waals surface area contributed by atoms with Crippen LogP contribution in [-0.2, 0) is 6.54 Å². The normalized spacial score (nSPS) is 21.0. The van der Waals surface area contributed by atoms with Gasteiger partial charge >= 0.3 is 0 Å². The van der Waals surface area contributed by atoms with Gasteiger partial charge in [0.1, 0.15) is 0 Å². The zero-order chi connectivity index (χ0) is 10.7. The Balaban J connectivity index is 0.00000128. The number of hydrogen-bond acceptors (Lipinski definition) is 4. The van der Waals surface area contributed by atoms with E-state index in [0.29, 0.717) is 0 Å². The lowest BCUT2D eigenvalue weighted by Gasteiger charge is -2.19. The highest BCUT2D eigenvalue weighted by Crippen LogP contribution is 2.14. The molecule has 1 saturated heterocycles. The van der Waals surface area contributed by atoms with Crippen molar-refractivity contribution < 1.29 is 0 Å². The number of thiazole rings is 1.